The summed E-state index contributed by atoms with van der Waals surface area (Å²) in [6.07, 6.45) is 0.635. The number of hydrogen-bond acceptors (Lipinski definition) is 5. The number of halogens is 1. The number of carbonyl (C=O) groups excluding carboxylic acids is 2. The van der Waals surface area contributed by atoms with E-state index in [-0.39, 0.29) is 12.1 Å². The Labute approximate surface area is 115 Å². The van der Waals surface area contributed by atoms with Gasteiger partial charge in [0.2, 0.25) is 5.76 Å². The quantitative estimate of drug-likeness (QED) is 0.382. The van der Waals surface area contributed by atoms with Crippen LogP contribution in [0.1, 0.15) is 5.56 Å². The second kappa shape index (κ2) is 7.25. The number of rotatable bonds is 5. The van der Waals surface area contributed by atoms with Gasteiger partial charge in [-0.05, 0) is 6.07 Å². The number of carbonyl (C=O) groups is 2. The highest BCUT2D eigenvalue weighted by molar-refractivity contribution is 5.96. The van der Waals surface area contributed by atoms with Crippen LogP contribution in [0.3, 0.4) is 0 Å². The summed E-state index contributed by atoms with van der Waals surface area (Å²) in [5, 5.41) is 10.1. The zero-order valence-electron chi connectivity index (χ0n) is 11.0. The van der Waals surface area contributed by atoms with Gasteiger partial charge in [0.25, 0.3) is 5.91 Å². The molecule has 0 aliphatic heterocycles. The normalized spacial score (nSPS) is 11.1. The molecule has 0 unspecified atom stereocenters. The Morgan fingerprint density at radius 2 is 2.00 bits per heavy atom. The molecule has 0 aliphatic rings. The molecule has 1 aromatic rings. The van der Waals surface area contributed by atoms with Gasteiger partial charge in [-0.2, -0.15) is 0 Å². The standard InChI is InChI=1S/C13H14FNO5/c1-19-13(18)11(16)7-12(17)15(20-2)8-9-5-3-4-6-10(9)14/h3-7,16H,8H2,1-2H3/b11-7-. The van der Waals surface area contributed by atoms with E-state index in [4.69, 9.17) is 4.84 Å². The van der Waals surface area contributed by atoms with Crippen molar-refractivity contribution in [2.24, 2.45) is 0 Å². The van der Waals surface area contributed by atoms with Crippen LogP contribution < -0.4 is 0 Å². The molecule has 0 atom stereocenters. The molecule has 0 spiro atoms. The van der Waals surface area contributed by atoms with Gasteiger partial charge in [-0.3, -0.25) is 9.63 Å². The van der Waals surface area contributed by atoms with Crippen molar-refractivity contribution in [3.63, 3.8) is 0 Å². The fourth-order valence-corrected chi connectivity index (χ4v) is 1.37. The molecule has 0 bridgehead atoms. The van der Waals surface area contributed by atoms with Crippen LogP contribution >= 0.6 is 0 Å². The lowest BCUT2D eigenvalue weighted by molar-refractivity contribution is -0.174. The molecule has 0 saturated carbocycles. The van der Waals surface area contributed by atoms with E-state index in [0.29, 0.717) is 6.08 Å². The molecule has 20 heavy (non-hydrogen) atoms. The van der Waals surface area contributed by atoms with Crippen LogP contribution in [0.4, 0.5) is 4.39 Å². The van der Waals surface area contributed by atoms with E-state index in [1.54, 1.807) is 6.07 Å². The third kappa shape index (κ3) is 4.06. The molecule has 0 aromatic heterocycles. The average molecular weight is 283 g/mol. The highest BCUT2D eigenvalue weighted by Gasteiger charge is 2.17. The maximum atomic E-state index is 13.5. The Balaban J connectivity index is 2.84. The van der Waals surface area contributed by atoms with E-state index >= 15 is 0 Å². The van der Waals surface area contributed by atoms with E-state index in [1.165, 1.54) is 25.3 Å². The fourth-order valence-electron chi connectivity index (χ4n) is 1.37. The van der Waals surface area contributed by atoms with Crippen LogP contribution in [0.2, 0.25) is 0 Å². The number of hydroxylamine groups is 2. The Morgan fingerprint density at radius 3 is 2.55 bits per heavy atom. The molecule has 0 aliphatic carbocycles. The molecule has 0 saturated heterocycles. The summed E-state index contributed by atoms with van der Waals surface area (Å²) in [4.78, 5) is 27.5. The molecule has 1 aromatic carbocycles. The lowest BCUT2D eigenvalue weighted by Crippen LogP contribution is -2.29. The van der Waals surface area contributed by atoms with Gasteiger partial charge < -0.3 is 9.84 Å². The molecular weight excluding hydrogens is 269 g/mol. The van der Waals surface area contributed by atoms with Gasteiger partial charge in [0.05, 0.1) is 26.8 Å². The second-order valence-corrected chi connectivity index (χ2v) is 3.67. The molecule has 1 amide bonds. The van der Waals surface area contributed by atoms with Gasteiger partial charge >= 0.3 is 5.97 Å². The second-order valence-electron chi connectivity index (χ2n) is 3.67. The molecule has 0 fully saturated rings. The number of esters is 1. The monoisotopic (exact) mass is 283 g/mol. The first kappa shape index (κ1) is 15.6. The molecule has 1 rings (SSSR count). The van der Waals surface area contributed by atoms with E-state index in [0.717, 1.165) is 12.2 Å². The largest absolute Gasteiger partial charge is 0.502 e. The smallest absolute Gasteiger partial charge is 0.373 e. The Morgan fingerprint density at radius 1 is 1.35 bits per heavy atom. The zero-order chi connectivity index (χ0) is 15.1. The molecular formula is C13H14FNO5. The minimum absolute atomic E-state index is 0.174. The summed E-state index contributed by atoms with van der Waals surface area (Å²) in [5.41, 5.74) is 0.230. The molecule has 0 heterocycles. The third-order valence-electron chi connectivity index (χ3n) is 2.39. The number of nitrogens with zero attached hydrogens (tertiary/aromatic N) is 1. The Kier molecular flexibility index (Phi) is 5.67. The van der Waals surface area contributed by atoms with Crippen LogP contribution in [0, 0.1) is 5.82 Å². The first-order chi connectivity index (χ1) is 9.49. The van der Waals surface area contributed by atoms with Gasteiger partial charge in [0.15, 0.2) is 0 Å². The van der Waals surface area contributed by atoms with E-state index in [9.17, 15) is 19.1 Å². The predicted molar refractivity (Wildman–Crippen MR) is 66.7 cm³/mol. The fraction of sp³-hybridized carbons (Fsp3) is 0.231. The lowest BCUT2D eigenvalue weighted by Gasteiger charge is -2.18. The van der Waals surface area contributed by atoms with E-state index in [1.807, 2.05) is 0 Å². The van der Waals surface area contributed by atoms with Crippen LogP contribution in [-0.4, -0.2) is 36.3 Å². The summed E-state index contributed by atoms with van der Waals surface area (Å²) in [5.74, 6) is -3.24. The van der Waals surface area contributed by atoms with Crippen molar-refractivity contribution in [1.82, 2.24) is 5.06 Å². The van der Waals surface area contributed by atoms with Crippen molar-refractivity contribution in [3.05, 3.63) is 47.5 Å². The van der Waals surface area contributed by atoms with Crippen molar-refractivity contribution in [2.75, 3.05) is 14.2 Å². The molecule has 1 N–H and O–H groups in total. The topological polar surface area (TPSA) is 76.1 Å². The average Bonchev–Trinajstić information content (AvgIpc) is 2.45. The molecule has 108 valence electrons. The van der Waals surface area contributed by atoms with Gasteiger partial charge in [0.1, 0.15) is 5.82 Å². The Hall–Kier alpha value is -2.41. The zero-order valence-corrected chi connectivity index (χ0v) is 11.0. The predicted octanol–water partition coefficient (Wildman–Crippen LogP) is 1.33. The summed E-state index contributed by atoms with van der Waals surface area (Å²) >= 11 is 0. The first-order valence-corrected chi connectivity index (χ1v) is 5.57. The number of hydrogen-bond donors (Lipinski definition) is 1. The van der Waals surface area contributed by atoms with Crippen molar-refractivity contribution in [1.29, 1.82) is 0 Å². The minimum atomic E-state index is -1.06. The lowest BCUT2D eigenvalue weighted by atomic mass is 10.2. The summed E-state index contributed by atoms with van der Waals surface area (Å²) in [6, 6.07) is 5.85. The maximum Gasteiger partial charge on any atom is 0.373 e. The van der Waals surface area contributed by atoms with Gasteiger partial charge in [-0.15, -0.1) is 0 Å². The SMILES string of the molecule is COC(=O)/C(O)=C/C(=O)N(Cc1ccccc1F)OC. The number of amides is 1. The van der Waals surface area contributed by atoms with Crippen molar-refractivity contribution in [2.45, 2.75) is 6.54 Å². The summed E-state index contributed by atoms with van der Waals surface area (Å²) < 4.78 is 17.7. The number of aliphatic hydroxyl groups is 1. The van der Waals surface area contributed by atoms with Crippen molar-refractivity contribution < 1.29 is 28.7 Å². The molecule has 7 heteroatoms. The van der Waals surface area contributed by atoms with Crippen molar-refractivity contribution >= 4 is 11.9 Å². The van der Waals surface area contributed by atoms with Crippen molar-refractivity contribution in [3.8, 4) is 0 Å². The summed E-state index contributed by atoms with van der Waals surface area (Å²) in [7, 11) is 2.27. The van der Waals surface area contributed by atoms with E-state index in [2.05, 4.69) is 4.74 Å². The number of benzene rings is 1. The van der Waals surface area contributed by atoms with Crippen LogP contribution in [0.25, 0.3) is 0 Å². The number of methoxy groups -OCH3 is 1. The van der Waals surface area contributed by atoms with Crippen LogP contribution in [-0.2, 0) is 25.7 Å². The molecule has 6 nitrogen and oxygen atoms in total. The van der Waals surface area contributed by atoms with Gasteiger partial charge in [0, 0.05) is 5.56 Å². The highest BCUT2D eigenvalue weighted by Crippen LogP contribution is 2.10. The first-order valence-electron chi connectivity index (χ1n) is 5.57. The number of aliphatic hydroxyl groups excluding tert-OH is 1. The molecule has 0 radical (unpaired) electrons. The van der Waals surface area contributed by atoms with E-state index < -0.39 is 23.5 Å². The van der Waals surface area contributed by atoms with Crippen LogP contribution in [0.5, 0.6) is 0 Å². The van der Waals surface area contributed by atoms with Crippen LogP contribution in [0.15, 0.2) is 36.1 Å². The minimum Gasteiger partial charge on any atom is -0.502 e. The summed E-state index contributed by atoms with van der Waals surface area (Å²) in [6.45, 7) is -0.174. The maximum absolute atomic E-state index is 13.5. The Bertz CT molecular complexity index is 529. The third-order valence-corrected chi connectivity index (χ3v) is 2.39. The highest BCUT2D eigenvalue weighted by atomic mass is 19.1. The van der Waals surface area contributed by atoms with Gasteiger partial charge in [-0.25, -0.2) is 14.2 Å². The van der Waals surface area contributed by atoms with Gasteiger partial charge in [-0.1, -0.05) is 18.2 Å². The number of ether oxygens (including phenoxy) is 1.